The first-order valence-electron chi connectivity index (χ1n) is 5.62. The molecule has 0 saturated carbocycles. The maximum Gasteiger partial charge on any atom is 0.329 e. The number of benzene rings is 1. The molecule has 0 bridgehead atoms. The highest BCUT2D eigenvalue weighted by atomic mass is 16.5. The van der Waals surface area contributed by atoms with Gasteiger partial charge in [0.2, 0.25) is 0 Å². The molecule has 0 aliphatic rings. The molecule has 4 nitrogen and oxygen atoms in total. The largest absolute Gasteiger partial charge is 0.491 e. The Balaban J connectivity index is 2.25. The van der Waals surface area contributed by atoms with Gasteiger partial charge in [-0.05, 0) is 23.6 Å². The van der Waals surface area contributed by atoms with E-state index in [0.717, 1.165) is 5.75 Å². The summed E-state index contributed by atoms with van der Waals surface area (Å²) in [4.78, 5) is 10.2. The van der Waals surface area contributed by atoms with E-state index in [1.807, 2.05) is 24.3 Å². The van der Waals surface area contributed by atoms with Crippen LogP contribution in [-0.4, -0.2) is 30.9 Å². The van der Waals surface area contributed by atoms with E-state index in [1.165, 1.54) is 5.56 Å². The van der Waals surface area contributed by atoms with Gasteiger partial charge >= 0.3 is 5.97 Å². The quantitative estimate of drug-likeness (QED) is 0.740. The number of carboxylic acids is 1. The maximum absolute atomic E-state index is 10.2. The molecule has 0 unspecified atom stereocenters. The Morgan fingerprint density at radius 1 is 1.24 bits per heavy atom. The molecule has 1 N–H and O–H groups in total. The zero-order valence-corrected chi connectivity index (χ0v) is 10.2. The predicted molar refractivity (Wildman–Crippen MR) is 64.5 cm³/mol. The van der Waals surface area contributed by atoms with Gasteiger partial charge in [-0.3, -0.25) is 0 Å². The summed E-state index contributed by atoms with van der Waals surface area (Å²) in [5.41, 5.74) is 1.26. The van der Waals surface area contributed by atoms with Crippen LogP contribution in [0.5, 0.6) is 5.75 Å². The van der Waals surface area contributed by atoms with Crippen LogP contribution in [0.15, 0.2) is 24.3 Å². The zero-order valence-electron chi connectivity index (χ0n) is 10.2. The monoisotopic (exact) mass is 238 g/mol. The Kier molecular flexibility index (Phi) is 5.49. The first kappa shape index (κ1) is 13.5. The van der Waals surface area contributed by atoms with Crippen LogP contribution < -0.4 is 4.74 Å². The Morgan fingerprint density at radius 2 is 1.88 bits per heavy atom. The van der Waals surface area contributed by atoms with E-state index >= 15 is 0 Å². The van der Waals surface area contributed by atoms with Crippen LogP contribution in [0.3, 0.4) is 0 Å². The molecule has 0 aliphatic heterocycles. The molecule has 0 saturated heterocycles. The molecule has 1 aromatic carbocycles. The molecule has 17 heavy (non-hydrogen) atoms. The van der Waals surface area contributed by atoms with Gasteiger partial charge in [0.25, 0.3) is 0 Å². The Hall–Kier alpha value is -1.55. The highest BCUT2D eigenvalue weighted by Gasteiger charge is 2.00. The van der Waals surface area contributed by atoms with E-state index in [-0.39, 0.29) is 13.2 Å². The van der Waals surface area contributed by atoms with Crippen molar-refractivity contribution in [3.63, 3.8) is 0 Å². The number of carbonyl (C=O) groups is 1. The Bertz CT molecular complexity index is 343. The van der Waals surface area contributed by atoms with Crippen LogP contribution in [0.4, 0.5) is 0 Å². The summed E-state index contributed by atoms with van der Waals surface area (Å²) >= 11 is 0. The zero-order chi connectivity index (χ0) is 12.7. The molecular weight excluding hydrogens is 220 g/mol. The smallest absolute Gasteiger partial charge is 0.329 e. The normalized spacial score (nSPS) is 10.5. The Morgan fingerprint density at radius 3 is 2.41 bits per heavy atom. The van der Waals surface area contributed by atoms with Crippen molar-refractivity contribution >= 4 is 5.97 Å². The van der Waals surface area contributed by atoms with Crippen molar-refractivity contribution in [2.75, 3.05) is 19.8 Å². The summed E-state index contributed by atoms with van der Waals surface area (Å²) in [6.45, 7) is 4.62. The molecule has 1 aromatic rings. The van der Waals surface area contributed by atoms with Gasteiger partial charge in [0, 0.05) is 0 Å². The predicted octanol–water partition coefficient (Wildman–Crippen LogP) is 2.29. The lowest BCUT2D eigenvalue weighted by Crippen LogP contribution is -2.12. The third-order valence-electron chi connectivity index (χ3n) is 2.27. The van der Waals surface area contributed by atoms with E-state index in [2.05, 4.69) is 13.8 Å². The fraction of sp³-hybridized carbons (Fsp3) is 0.462. The summed E-state index contributed by atoms with van der Waals surface area (Å²) in [6.07, 6.45) is 0. The van der Waals surface area contributed by atoms with Crippen molar-refractivity contribution in [1.29, 1.82) is 0 Å². The lowest BCUT2D eigenvalue weighted by Gasteiger charge is -2.08. The van der Waals surface area contributed by atoms with Crippen LogP contribution >= 0.6 is 0 Å². The van der Waals surface area contributed by atoms with Crippen LogP contribution in [0, 0.1) is 0 Å². The van der Waals surface area contributed by atoms with Crippen molar-refractivity contribution in [2.45, 2.75) is 19.8 Å². The number of hydrogen-bond acceptors (Lipinski definition) is 3. The van der Waals surface area contributed by atoms with E-state index in [1.54, 1.807) is 0 Å². The molecule has 0 aromatic heterocycles. The van der Waals surface area contributed by atoms with Gasteiger partial charge in [-0.2, -0.15) is 0 Å². The molecule has 0 radical (unpaired) electrons. The van der Waals surface area contributed by atoms with Gasteiger partial charge in [-0.15, -0.1) is 0 Å². The van der Waals surface area contributed by atoms with Crippen molar-refractivity contribution in [3.05, 3.63) is 29.8 Å². The van der Waals surface area contributed by atoms with Crippen LogP contribution in [0.25, 0.3) is 0 Å². The van der Waals surface area contributed by atoms with Gasteiger partial charge in [0.15, 0.2) is 0 Å². The van der Waals surface area contributed by atoms with Crippen molar-refractivity contribution in [2.24, 2.45) is 0 Å². The number of carboxylic acid groups (broad SMARTS) is 1. The summed E-state index contributed by atoms with van der Waals surface area (Å²) in [7, 11) is 0. The van der Waals surface area contributed by atoms with E-state index in [4.69, 9.17) is 14.6 Å². The van der Waals surface area contributed by atoms with E-state index in [0.29, 0.717) is 12.5 Å². The molecule has 0 spiro atoms. The minimum atomic E-state index is -0.966. The molecule has 4 heteroatoms. The molecular formula is C13H18O4. The molecule has 0 heterocycles. The lowest BCUT2D eigenvalue weighted by molar-refractivity contribution is -0.142. The van der Waals surface area contributed by atoms with Gasteiger partial charge in [-0.1, -0.05) is 26.0 Å². The third kappa shape index (κ3) is 5.36. The maximum atomic E-state index is 10.2. The van der Waals surface area contributed by atoms with Gasteiger partial charge in [-0.25, -0.2) is 4.79 Å². The SMILES string of the molecule is CC(C)c1ccc(OCCOCC(=O)O)cc1. The first-order chi connectivity index (χ1) is 8.09. The topological polar surface area (TPSA) is 55.8 Å². The number of rotatable bonds is 7. The summed E-state index contributed by atoms with van der Waals surface area (Å²) in [5, 5.41) is 8.35. The lowest BCUT2D eigenvalue weighted by atomic mass is 10.0. The Labute approximate surface area is 101 Å². The van der Waals surface area contributed by atoms with Gasteiger partial charge < -0.3 is 14.6 Å². The second-order valence-corrected chi connectivity index (χ2v) is 4.02. The number of hydrogen-bond donors (Lipinski definition) is 1. The molecule has 0 aliphatic carbocycles. The highest BCUT2D eigenvalue weighted by molar-refractivity contribution is 5.67. The number of ether oxygens (including phenoxy) is 2. The summed E-state index contributed by atoms with van der Waals surface area (Å²) < 4.78 is 10.3. The highest BCUT2D eigenvalue weighted by Crippen LogP contribution is 2.18. The second kappa shape index (κ2) is 6.91. The fourth-order valence-electron chi connectivity index (χ4n) is 1.33. The van der Waals surface area contributed by atoms with Crippen molar-refractivity contribution < 1.29 is 19.4 Å². The third-order valence-corrected chi connectivity index (χ3v) is 2.27. The minimum Gasteiger partial charge on any atom is -0.491 e. The van der Waals surface area contributed by atoms with Crippen LogP contribution in [0.2, 0.25) is 0 Å². The van der Waals surface area contributed by atoms with Crippen molar-refractivity contribution in [3.8, 4) is 5.75 Å². The number of aliphatic carboxylic acids is 1. The molecule has 0 fully saturated rings. The average Bonchev–Trinajstić information content (AvgIpc) is 2.29. The minimum absolute atomic E-state index is 0.276. The van der Waals surface area contributed by atoms with E-state index in [9.17, 15) is 4.79 Å². The second-order valence-electron chi connectivity index (χ2n) is 4.02. The first-order valence-corrected chi connectivity index (χ1v) is 5.62. The van der Waals surface area contributed by atoms with Crippen LogP contribution in [-0.2, 0) is 9.53 Å². The summed E-state index contributed by atoms with van der Waals surface area (Å²) in [6, 6.07) is 7.87. The molecule has 94 valence electrons. The molecule has 0 atom stereocenters. The van der Waals surface area contributed by atoms with E-state index < -0.39 is 5.97 Å². The fourth-order valence-corrected chi connectivity index (χ4v) is 1.33. The van der Waals surface area contributed by atoms with Gasteiger partial charge in [0.1, 0.15) is 19.0 Å². The average molecular weight is 238 g/mol. The molecule has 0 amide bonds. The summed E-state index contributed by atoms with van der Waals surface area (Å²) in [5.74, 6) is 0.308. The standard InChI is InChI=1S/C13H18O4/c1-10(2)11-3-5-12(6-4-11)17-8-7-16-9-13(14)15/h3-6,10H,7-9H2,1-2H3,(H,14,15). The van der Waals surface area contributed by atoms with Crippen LogP contribution in [0.1, 0.15) is 25.3 Å². The van der Waals surface area contributed by atoms with Crippen molar-refractivity contribution in [1.82, 2.24) is 0 Å². The molecule has 1 rings (SSSR count). The van der Waals surface area contributed by atoms with Gasteiger partial charge in [0.05, 0.1) is 6.61 Å².